The van der Waals surface area contributed by atoms with Crippen molar-refractivity contribution in [3.8, 4) is 0 Å². The number of nitrogens with zero attached hydrogens (tertiary/aromatic N) is 1. The number of furan rings is 1. The third-order valence-corrected chi connectivity index (χ3v) is 3.22. The summed E-state index contributed by atoms with van der Waals surface area (Å²) in [7, 11) is 0. The maximum atomic E-state index is 12.4. The average molecular weight is 266 g/mol. The minimum Gasteiger partial charge on any atom is -0.480 e. The molecular weight excluding hydrogens is 252 g/mol. The lowest BCUT2D eigenvalue weighted by atomic mass is 9.98. The number of amides is 3. The Kier molecular flexibility index (Phi) is 3.05. The van der Waals surface area contributed by atoms with E-state index < -0.39 is 29.5 Å². The molecule has 1 aliphatic rings. The van der Waals surface area contributed by atoms with Crippen LogP contribution in [0.2, 0.25) is 0 Å². The maximum absolute atomic E-state index is 12.4. The van der Waals surface area contributed by atoms with Crippen LogP contribution < -0.4 is 5.32 Å². The Morgan fingerprint density at radius 2 is 2.26 bits per heavy atom. The smallest absolute Gasteiger partial charge is 0.326 e. The highest BCUT2D eigenvalue weighted by Gasteiger charge is 2.54. The van der Waals surface area contributed by atoms with Gasteiger partial charge in [-0.2, -0.15) is 0 Å². The van der Waals surface area contributed by atoms with Crippen molar-refractivity contribution in [2.75, 3.05) is 0 Å². The number of nitrogens with one attached hydrogen (secondary N) is 1. The third kappa shape index (κ3) is 1.87. The van der Waals surface area contributed by atoms with Gasteiger partial charge in [-0.1, -0.05) is 6.92 Å². The van der Waals surface area contributed by atoms with Crippen LogP contribution in [0, 0.1) is 0 Å². The molecule has 1 aromatic heterocycles. The monoisotopic (exact) mass is 266 g/mol. The quantitative estimate of drug-likeness (QED) is 0.789. The van der Waals surface area contributed by atoms with E-state index in [1.54, 1.807) is 19.1 Å². The molecule has 0 spiro atoms. The van der Waals surface area contributed by atoms with Gasteiger partial charge in [0.05, 0.1) is 6.26 Å². The van der Waals surface area contributed by atoms with Gasteiger partial charge in [0.1, 0.15) is 11.8 Å². The summed E-state index contributed by atoms with van der Waals surface area (Å²) in [5, 5.41) is 11.6. The van der Waals surface area contributed by atoms with E-state index in [1.165, 1.54) is 13.2 Å². The highest BCUT2D eigenvalue weighted by Crippen LogP contribution is 2.30. The van der Waals surface area contributed by atoms with Crippen molar-refractivity contribution < 1.29 is 23.9 Å². The van der Waals surface area contributed by atoms with Gasteiger partial charge in [0, 0.05) is 0 Å². The van der Waals surface area contributed by atoms with Crippen LogP contribution in [0.5, 0.6) is 0 Å². The molecule has 0 radical (unpaired) electrons. The first-order chi connectivity index (χ1) is 8.91. The number of hydrogen-bond donors (Lipinski definition) is 2. The normalized spacial score (nSPS) is 24.4. The number of imide groups is 1. The second kappa shape index (κ2) is 4.42. The molecule has 1 aromatic rings. The molecule has 1 fully saturated rings. The van der Waals surface area contributed by atoms with E-state index in [4.69, 9.17) is 9.52 Å². The van der Waals surface area contributed by atoms with E-state index in [2.05, 4.69) is 5.32 Å². The van der Waals surface area contributed by atoms with Crippen LogP contribution in [0.3, 0.4) is 0 Å². The fourth-order valence-electron chi connectivity index (χ4n) is 2.14. The zero-order valence-corrected chi connectivity index (χ0v) is 10.5. The van der Waals surface area contributed by atoms with Crippen LogP contribution in [0.4, 0.5) is 4.79 Å². The number of hydrogen-bond acceptors (Lipinski definition) is 4. The van der Waals surface area contributed by atoms with Crippen LogP contribution in [-0.4, -0.2) is 34.0 Å². The van der Waals surface area contributed by atoms with Crippen molar-refractivity contribution in [3.05, 3.63) is 24.2 Å². The van der Waals surface area contributed by atoms with E-state index in [9.17, 15) is 14.4 Å². The van der Waals surface area contributed by atoms with E-state index in [0.29, 0.717) is 0 Å². The molecule has 0 bridgehead atoms. The Bertz CT molecular complexity index is 524. The number of carbonyl (C=O) groups excluding carboxylic acids is 2. The van der Waals surface area contributed by atoms with Gasteiger partial charge in [-0.05, 0) is 25.5 Å². The molecule has 2 unspecified atom stereocenters. The highest BCUT2D eigenvalue weighted by atomic mass is 16.4. The molecule has 7 nitrogen and oxygen atoms in total. The maximum Gasteiger partial charge on any atom is 0.326 e. The van der Waals surface area contributed by atoms with Crippen LogP contribution in [0.25, 0.3) is 0 Å². The van der Waals surface area contributed by atoms with E-state index >= 15 is 0 Å². The van der Waals surface area contributed by atoms with Crippen LogP contribution in [-0.2, 0) is 15.1 Å². The zero-order chi connectivity index (χ0) is 14.2. The molecule has 0 aromatic carbocycles. The van der Waals surface area contributed by atoms with Gasteiger partial charge in [-0.15, -0.1) is 0 Å². The molecule has 2 heterocycles. The first kappa shape index (κ1) is 13.1. The molecule has 2 rings (SSSR count). The van der Waals surface area contributed by atoms with E-state index in [0.717, 1.165) is 4.90 Å². The van der Waals surface area contributed by atoms with Crippen molar-refractivity contribution in [1.29, 1.82) is 0 Å². The van der Waals surface area contributed by atoms with E-state index in [-0.39, 0.29) is 12.2 Å². The lowest BCUT2D eigenvalue weighted by Gasteiger charge is -2.22. The van der Waals surface area contributed by atoms with Gasteiger partial charge >= 0.3 is 12.0 Å². The number of rotatable bonds is 4. The minimum atomic E-state index is -1.36. The Morgan fingerprint density at radius 3 is 2.74 bits per heavy atom. The summed E-state index contributed by atoms with van der Waals surface area (Å²) >= 11 is 0. The van der Waals surface area contributed by atoms with Gasteiger partial charge in [0.25, 0.3) is 5.91 Å². The second-order valence-corrected chi connectivity index (χ2v) is 4.47. The molecule has 0 aliphatic carbocycles. The van der Waals surface area contributed by atoms with Gasteiger partial charge < -0.3 is 14.8 Å². The standard InChI is InChI=1S/C12H14N2O5/c1-3-7(9(15)16)14-10(17)12(2,13-11(14)18)8-5-4-6-19-8/h4-7H,3H2,1-2H3,(H,13,18)(H,15,16). The largest absolute Gasteiger partial charge is 0.480 e. The first-order valence-electron chi connectivity index (χ1n) is 5.84. The fourth-order valence-corrected chi connectivity index (χ4v) is 2.14. The summed E-state index contributed by atoms with van der Waals surface area (Å²) < 4.78 is 5.15. The number of aliphatic carboxylic acids is 1. The summed E-state index contributed by atoms with van der Waals surface area (Å²) in [6.45, 7) is 3.09. The lowest BCUT2D eigenvalue weighted by Crippen LogP contribution is -2.46. The van der Waals surface area contributed by atoms with Crippen molar-refractivity contribution in [2.24, 2.45) is 0 Å². The first-order valence-corrected chi connectivity index (χ1v) is 5.84. The third-order valence-electron chi connectivity index (χ3n) is 3.22. The molecular formula is C12H14N2O5. The molecule has 3 amide bonds. The van der Waals surface area contributed by atoms with Gasteiger partial charge in [0.15, 0.2) is 5.54 Å². The number of carbonyl (C=O) groups is 3. The highest BCUT2D eigenvalue weighted by molar-refractivity contribution is 6.09. The molecule has 7 heteroatoms. The zero-order valence-electron chi connectivity index (χ0n) is 10.5. The molecule has 0 saturated carbocycles. The molecule has 2 atom stereocenters. The summed E-state index contributed by atoms with van der Waals surface area (Å²) in [5.74, 6) is -1.56. The predicted molar refractivity (Wildman–Crippen MR) is 63.2 cm³/mol. The van der Waals surface area contributed by atoms with Crippen molar-refractivity contribution in [3.63, 3.8) is 0 Å². The Hall–Kier alpha value is -2.31. The number of carboxylic acid groups (broad SMARTS) is 1. The van der Waals surface area contributed by atoms with E-state index in [1.807, 2.05) is 0 Å². The van der Waals surface area contributed by atoms with Crippen molar-refractivity contribution >= 4 is 17.9 Å². The van der Waals surface area contributed by atoms with Gasteiger partial charge in [-0.25, -0.2) is 14.5 Å². The Morgan fingerprint density at radius 1 is 1.58 bits per heavy atom. The molecule has 19 heavy (non-hydrogen) atoms. The summed E-state index contributed by atoms with van der Waals surface area (Å²) in [6, 6.07) is 1.25. The Balaban J connectivity index is 2.39. The lowest BCUT2D eigenvalue weighted by molar-refractivity contribution is -0.148. The SMILES string of the molecule is CCC(C(=O)O)N1C(=O)NC(C)(c2ccco2)C1=O. The molecule has 2 N–H and O–H groups in total. The van der Waals surface area contributed by atoms with Gasteiger partial charge in [-0.3, -0.25) is 4.79 Å². The second-order valence-electron chi connectivity index (χ2n) is 4.47. The summed E-state index contributed by atoms with van der Waals surface area (Å²) in [6.07, 6.45) is 1.53. The minimum absolute atomic E-state index is 0.142. The average Bonchev–Trinajstić information content (AvgIpc) is 2.93. The molecule has 102 valence electrons. The van der Waals surface area contributed by atoms with Crippen LogP contribution in [0.15, 0.2) is 22.8 Å². The Labute approximate surface area is 109 Å². The van der Waals surface area contributed by atoms with Crippen molar-refractivity contribution in [2.45, 2.75) is 31.8 Å². The number of carboxylic acids is 1. The molecule has 1 saturated heterocycles. The van der Waals surface area contributed by atoms with Crippen LogP contribution >= 0.6 is 0 Å². The topological polar surface area (TPSA) is 99.8 Å². The van der Waals surface area contributed by atoms with Crippen molar-refractivity contribution in [1.82, 2.24) is 10.2 Å². The van der Waals surface area contributed by atoms with Crippen LogP contribution in [0.1, 0.15) is 26.0 Å². The summed E-state index contributed by atoms with van der Waals surface area (Å²) in [4.78, 5) is 36.1. The predicted octanol–water partition coefficient (Wildman–Crippen LogP) is 0.910. The summed E-state index contributed by atoms with van der Waals surface area (Å²) in [5.41, 5.74) is -1.36. The van der Waals surface area contributed by atoms with Gasteiger partial charge in [0.2, 0.25) is 0 Å². The fraction of sp³-hybridized carbons (Fsp3) is 0.417. The molecule has 1 aliphatic heterocycles. The number of urea groups is 1.